The molecule has 0 unspecified atom stereocenters. The number of rotatable bonds is 3. The monoisotopic (exact) mass is 332 g/mol. The Bertz CT molecular complexity index is 668. The number of Topliss-reactive ketones (excluding diaryl/α,β-unsaturated/α-hetero) is 1. The van der Waals surface area contributed by atoms with Gasteiger partial charge in [-0.25, -0.2) is 9.59 Å². The predicted molar refractivity (Wildman–Crippen MR) is 72.6 cm³/mol. The van der Waals surface area contributed by atoms with Crippen molar-refractivity contribution in [1.82, 2.24) is 9.55 Å². The number of nitrogens with zero attached hydrogens (tertiary/aromatic N) is 1. The number of carboxylic acids is 1. The molecule has 1 aromatic heterocycles. The number of ether oxygens (including phenoxy) is 1. The first-order chi connectivity index (χ1) is 10.7. The number of nitrogens with one attached hydrogen (secondary N) is 1. The molecule has 1 aliphatic heterocycles. The summed E-state index contributed by atoms with van der Waals surface area (Å²) in [6.45, 7) is 0.523. The maximum atomic E-state index is 11.4. The van der Waals surface area contributed by atoms with Crippen LogP contribution in [0, 0.1) is 0 Å². The second kappa shape index (κ2) is 7.78. The van der Waals surface area contributed by atoms with Crippen LogP contribution in [0.15, 0.2) is 21.9 Å². The van der Waals surface area contributed by atoms with E-state index in [0.29, 0.717) is 0 Å². The van der Waals surface area contributed by atoms with E-state index in [0.717, 1.165) is 23.8 Å². The highest BCUT2D eigenvalue weighted by Crippen LogP contribution is 2.27. The van der Waals surface area contributed by atoms with Gasteiger partial charge in [0.15, 0.2) is 6.23 Å². The van der Waals surface area contributed by atoms with Crippen LogP contribution in [0.5, 0.6) is 0 Å². The van der Waals surface area contributed by atoms with Gasteiger partial charge >= 0.3 is 11.7 Å². The number of aliphatic hydroxyl groups excluding tert-OH is 3. The second-order valence-corrected chi connectivity index (χ2v) is 4.61. The lowest BCUT2D eigenvalue weighted by atomic mass is 10.1. The van der Waals surface area contributed by atoms with Crippen molar-refractivity contribution < 1.29 is 34.8 Å². The van der Waals surface area contributed by atoms with Gasteiger partial charge in [-0.2, -0.15) is 0 Å². The number of aromatic amines is 1. The van der Waals surface area contributed by atoms with Crippen LogP contribution >= 0.6 is 0 Å². The summed E-state index contributed by atoms with van der Waals surface area (Å²) in [7, 11) is 0. The van der Waals surface area contributed by atoms with Crippen molar-refractivity contribution in [3.8, 4) is 0 Å². The van der Waals surface area contributed by atoms with E-state index in [4.69, 9.17) is 14.9 Å². The summed E-state index contributed by atoms with van der Waals surface area (Å²) < 4.78 is 6.08. The molecule has 5 N–H and O–H groups in total. The Morgan fingerprint density at radius 3 is 2.26 bits per heavy atom. The van der Waals surface area contributed by atoms with Crippen LogP contribution < -0.4 is 11.2 Å². The molecule has 0 spiro atoms. The second-order valence-electron chi connectivity index (χ2n) is 4.61. The Morgan fingerprint density at radius 2 is 1.87 bits per heavy atom. The average Bonchev–Trinajstić information content (AvgIpc) is 2.76. The molecular formula is C12H16N2O9. The number of carboxylic acid groups (broad SMARTS) is 1. The number of aliphatic carboxylic acids is 1. The predicted octanol–water partition coefficient (Wildman–Crippen LogP) is -3.19. The van der Waals surface area contributed by atoms with Crippen LogP contribution in [0.25, 0.3) is 0 Å². The van der Waals surface area contributed by atoms with Gasteiger partial charge < -0.3 is 25.2 Å². The van der Waals surface area contributed by atoms with E-state index in [9.17, 15) is 29.4 Å². The first-order valence-electron chi connectivity index (χ1n) is 6.36. The highest BCUT2D eigenvalue weighted by Gasteiger charge is 2.43. The van der Waals surface area contributed by atoms with Crippen LogP contribution in [0.2, 0.25) is 0 Å². The maximum absolute atomic E-state index is 11.4. The number of H-pyrrole nitrogens is 1. The fourth-order valence-corrected chi connectivity index (χ4v) is 1.74. The Kier molecular flexibility index (Phi) is 6.33. The molecule has 1 aromatic rings. The lowest BCUT2D eigenvalue weighted by molar-refractivity contribution is -0.148. The Balaban J connectivity index is 0.000000379. The van der Waals surface area contributed by atoms with E-state index in [1.165, 1.54) is 0 Å². The minimum absolute atomic E-state index is 0.479. The molecule has 0 radical (unpaired) electrons. The first kappa shape index (κ1) is 18.7. The summed E-state index contributed by atoms with van der Waals surface area (Å²) in [5.41, 5.74) is -1.33. The van der Waals surface area contributed by atoms with E-state index in [2.05, 4.69) is 0 Å². The summed E-state index contributed by atoms with van der Waals surface area (Å²) in [6, 6.07) is 1.09. The molecule has 128 valence electrons. The van der Waals surface area contributed by atoms with Crippen molar-refractivity contribution in [2.24, 2.45) is 0 Å². The van der Waals surface area contributed by atoms with Gasteiger partial charge in [0.2, 0.25) is 5.78 Å². The fraction of sp³-hybridized carbons (Fsp3) is 0.500. The minimum atomic E-state index is -1.38. The zero-order valence-corrected chi connectivity index (χ0v) is 11.9. The van der Waals surface area contributed by atoms with Gasteiger partial charge in [0.05, 0.1) is 6.61 Å². The van der Waals surface area contributed by atoms with E-state index in [-0.39, 0.29) is 0 Å². The largest absolute Gasteiger partial charge is 0.476 e. The van der Waals surface area contributed by atoms with Crippen LogP contribution in [0.1, 0.15) is 13.2 Å². The Morgan fingerprint density at radius 1 is 1.30 bits per heavy atom. The molecule has 2 rings (SSSR count). The van der Waals surface area contributed by atoms with Crippen molar-refractivity contribution in [2.75, 3.05) is 6.61 Å². The molecule has 1 saturated heterocycles. The Hall–Kier alpha value is -2.34. The number of aromatic nitrogens is 2. The van der Waals surface area contributed by atoms with E-state index in [1.54, 1.807) is 0 Å². The molecule has 0 aliphatic carbocycles. The number of hydrogen-bond donors (Lipinski definition) is 5. The molecule has 1 aliphatic rings. The molecule has 2 heterocycles. The van der Waals surface area contributed by atoms with Crippen LogP contribution in [0.3, 0.4) is 0 Å². The molecule has 23 heavy (non-hydrogen) atoms. The van der Waals surface area contributed by atoms with E-state index >= 15 is 0 Å². The van der Waals surface area contributed by atoms with Gasteiger partial charge in [0, 0.05) is 19.2 Å². The van der Waals surface area contributed by atoms with E-state index < -0.39 is 54.1 Å². The summed E-state index contributed by atoms with van der Waals surface area (Å²) in [6.07, 6.45) is -3.58. The highest BCUT2D eigenvalue weighted by molar-refractivity contribution is 6.31. The lowest BCUT2D eigenvalue weighted by Gasteiger charge is -2.16. The lowest BCUT2D eigenvalue weighted by Crippen LogP contribution is -2.37. The van der Waals surface area contributed by atoms with Crippen molar-refractivity contribution in [2.45, 2.75) is 31.5 Å². The summed E-state index contributed by atoms with van der Waals surface area (Å²) in [5, 5.41) is 35.7. The van der Waals surface area contributed by atoms with Gasteiger partial charge in [-0.3, -0.25) is 19.1 Å². The molecule has 0 saturated carbocycles. The normalized spacial score (nSPS) is 26.3. The molecule has 4 atom stereocenters. The number of aliphatic hydroxyl groups is 3. The number of carbonyl (C=O) groups excluding carboxylic acids is 1. The van der Waals surface area contributed by atoms with Crippen molar-refractivity contribution >= 4 is 11.8 Å². The molecule has 0 amide bonds. The van der Waals surface area contributed by atoms with E-state index in [1.807, 2.05) is 4.98 Å². The zero-order valence-electron chi connectivity index (χ0n) is 11.9. The Labute approximate surface area is 128 Å². The number of hydrogen-bond acceptors (Lipinski definition) is 8. The van der Waals surface area contributed by atoms with Gasteiger partial charge in [0.25, 0.3) is 5.56 Å². The molecule has 1 fully saturated rings. The number of ketones is 1. The molecule has 0 aromatic carbocycles. The molecule has 0 bridgehead atoms. The minimum Gasteiger partial charge on any atom is -0.476 e. The van der Waals surface area contributed by atoms with Crippen LogP contribution in [0.4, 0.5) is 0 Å². The number of carbonyl (C=O) groups is 2. The smallest absolute Gasteiger partial charge is 0.371 e. The third-order valence-electron chi connectivity index (χ3n) is 2.94. The zero-order chi connectivity index (χ0) is 17.7. The van der Waals surface area contributed by atoms with Crippen LogP contribution in [-0.2, 0) is 14.3 Å². The quantitative estimate of drug-likeness (QED) is 0.356. The molecule has 11 heteroatoms. The summed E-state index contributed by atoms with van der Waals surface area (Å²) in [4.78, 5) is 43.2. The molecule has 11 nitrogen and oxygen atoms in total. The van der Waals surface area contributed by atoms with Crippen molar-refractivity contribution in [1.29, 1.82) is 0 Å². The van der Waals surface area contributed by atoms with Gasteiger partial charge in [-0.15, -0.1) is 0 Å². The first-order valence-corrected chi connectivity index (χ1v) is 6.36. The highest BCUT2D eigenvalue weighted by atomic mass is 16.6. The van der Waals surface area contributed by atoms with Gasteiger partial charge in [-0.1, -0.05) is 0 Å². The van der Waals surface area contributed by atoms with Gasteiger partial charge in [0.1, 0.15) is 18.3 Å². The standard InChI is InChI=1S/C9H12N2O6.C3H4O3/c12-3-4-6(14)7(15)8(17-4)11-2-1-5(13)10-9(11)16;1-2(4)3(5)6/h1-2,4,6-8,12,14-15H,3H2,(H,10,13,16);1H3,(H,5,6)/t4-,6-,7-,8-;/m1./s1. The van der Waals surface area contributed by atoms with Crippen LogP contribution in [-0.4, -0.2) is 66.6 Å². The SMILES string of the molecule is CC(=O)C(=O)O.O=c1ccn([C@@H]2O[C@H](CO)[C@@H](O)[C@H]2O)c(=O)[nH]1. The third kappa shape index (κ3) is 4.56. The van der Waals surface area contributed by atoms with Crippen molar-refractivity contribution in [3.63, 3.8) is 0 Å². The van der Waals surface area contributed by atoms with Crippen molar-refractivity contribution in [3.05, 3.63) is 33.1 Å². The summed E-state index contributed by atoms with van der Waals surface area (Å²) in [5.74, 6) is -2.20. The molecular weight excluding hydrogens is 316 g/mol. The third-order valence-corrected chi connectivity index (χ3v) is 2.94. The fourth-order valence-electron chi connectivity index (χ4n) is 1.74. The van der Waals surface area contributed by atoms with Gasteiger partial charge in [-0.05, 0) is 0 Å². The summed E-state index contributed by atoms with van der Waals surface area (Å²) >= 11 is 0. The topological polar surface area (TPSA) is 179 Å². The average molecular weight is 332 g/mol. The maximum Gasteiger partial charge on any atom is 0.371 e.